The molecule has 1 aromatic rings. The SMILES string of the molecule is CC(=O)NC(C)(C)C(=O)Nc1ccc(CCN(C)C)cc1. The van der Waals surface area contributed by atoms with Crippen molar-refractivity contribution in [3.63, 3.8) is 0 Å². The second kappa shape index (κ2) is 7.22. The largest absolute Gasteiger partial charge is 0.342 e. The van der Waals surface area contributed by atoms with Gasteiger partial charge in [-0.25, -0.2) is 0 Å². The number of carbonyl (C=O) groups excluding carboxylic acids is 2. The fraction of sp³-hybridized carbons (Fsp3) is 0.500. The first-order valence-electron chi connectivity index (χ1n) is 7.04. The predicted octanol–water partition coefficient (Wildman–Crippen LogP) is 1.64. The van der Waals surface area contributed by atoms with Gasteiger partial charge in [0.05, 0.1) is 0 Å². The van der Waals surface area contributed by atoms with Gasteiger partial charge in [-0.15, -0.1) is 0 Å². The summed E-state index contributed by atoms with van der Waals surface area (Å²) in [6.07, 6.45) is 0.971. The molecule has 0 unspecified atom stereocenters. The second-order valence-corrected chi connectivity index (χ2v) is 6.01. The Morgan fingerprint density at radius 1 is 1.14 bits per heavy atom. The van der Waals surface area contributed by atoms with E-state index in [1.54, 1.807) is 13.8 Å². The fourth-order valence-electron chi connectivity index (χ4n) is 1.89. The standard InChI is InChI=1S/C16H25N3O2/c1-12(20)18-16(2,3)15(21)17-14-8-6-13(7-9-14)10-11-19(4)5/h6-9H,10-11H2,1-5H3,(H,17,21)(H,18,20). The lowest BCUT2D eigenvalue weighted by molar-refractivity contribution is -0.128. The number of likely N-dealkylation sites (N-methyl/N-ethyl adjacent to an activating group) is 1. The third-order valence-electron chi connectivity index (χ3n) is 3.12. The Morgan fingerprint density at radius 3 is 2.19 bits per heavy atom. The fourth-order valence-corrected chi connectivity index (χ4v) is 1.89. The molecule has 0 spiro atoms. The number of nitrogens with zero attached hydrogens (tertiary/aromatic N) is 1. The highest BCUT2D eigenvalue weighted by atomic mass is 16.2. The topological polar surface area (TPSA) is 61.4 Å². The lowest BCUT2D eigenvalue weighted by Gasteiger charge is -2.24. The van der Waals surface area contributed by atoms with Crippen molar-refractivity contribution in [3.8, 4) is 0 Å². The number of hydrogen-bond donors (Lipinski definition) is 2. The number of nitrogens with one attached hydrogen (secondary N) is 2. The zero-order valence-corrected chi connectivity index (χ0v) is 13.5. The molecule has 0 bridgehead atoms. The molecule has 0 aliphatic rings. The van der Waals surface area contributed by atoms with E-state index in [-0.39, 0.29) is 11.8 Å². The van der Waals surface area contributed by atoms with E-state index >= 15 is 0 Å². The number of benzene rings is 1. The van der Waals surface area contributed by atoms with E-state index in [0.717, 1.165) is 18.7 Å². The molecule has 21 heavy (non-hydrogen) atoms. The van der Waals surface area contributed by atoms with Gasteiger partial charge in [-0.05, 0) is 52.1 Å². The van der Waals surface area contributed by atoms with Crippen molar-refractivity contribution in [2.75, 3.05) is 26.0 Å². The number of hydrogen-bond acceptors (Lipinski definition) is 3. The van der Waals surface area contributed by atoms with Gasteiger partial charge in [0.1, 0.15) is 5.54 Å². The quantitative estimate of drug-likeness (QED) is 0.837. The van der Waals surface area contributed by atoms with Crippen LogP contribution in [0.3, 0.4) is 0 Å². The lowest BCUT2D eigenvalue weighted by Crippen LogP contribution is -2.51. The molecule has 0 saturated carbocycles. The third-order valence-corrected chi connectivity index (χ3v) is 3.12. The maximum absolute atomic E-state index is 12.1. The molecule has 116 valence electrons. The summed E-state index contributed by atoms with van der Waals surface area (Å²) in [6, 6.07) is 7.77. The number of amides is 2. The number of anilines is 1. The highest BCUT2D eigenvalue weighted by Gasteiger charge is 2.28. The van der Waals surface area contributed by atoms with E-state index in [2.05, 4.69) is 15.5 Å². The van der Waals surface area contributed by atoms with Crippen LogP contribution in [0.5, 0.6) is 0 Å². The van der Waals surface area contributed by atoms with Gasteiger partial charge >= 0.3 is 0 Å². The molecule has 0 radical (unpaired) electrons. The van der Waals surface area contributed by atoms with E-state index in [0.29, 0.717) is 0 Å². The van der Waals surface area contributed by atoms with Crippen molar-refractivity contribution < 1.29 is 9.59 Å². The Morgan fingerprint density at radius 2 is 1.71 bits per heavy atom. The van der Waals surface area contributed by atoms with Crippen LogP contribution in [0.4, 0.5) is 5.69 Å². The van der Waals surface area contributed by atoms with E-state index in [1.807, 2.05) is 38.4 Å². The van der Waals surface area contributed by atoms with Gasteiger partial charge in [0.25, 0.3) is 0 Å². The smallest absolute Gasteiger partial charge is 0.249 e. The summed E-state index contributed by atoms with van der Waals surface area (Å²) >= 11 is 0. The normalized spacial score (nSPS) is 11.3. The van der Waals surface area contributed by atoms with Crippen molar-refractivity contribution >= 4 is 17.5 Å². The molecule has 0 heterocycles. The Balaban J connectivity index is 2.63. The van der Waals surface area contributed by atoms with E-state index < -0.39 is 5.54 Å². The van der Waals surface area contributed by atoms with Crippen molar-refractivity contribution in [1.82, 2.24) is 10.2 Å². The molecule has 1 aromatic carbocycles. The molecule has 2 N–H and O–H groups in total. The van der Waals surface area contributed by atoms with Crippen LogP contribution in [-0.4, -0.2) is 42.9 Å². The van der Waals surface area contributed by atoms with Gasteiger partial charge in [0.2, 0.25) is 11.8 Å². The molecule has 2 amide bonds. The molecule has 0 fully saturated rings. The first-order chi connectivity index (χ1) is 9.70. The Kier molecular flexibility index (Phi) is 5.90. The van der Waals surface area contributed by atoms with Gasteiger partial charge in [-0.2, -0.15) is 0 Å². The monoisotopic (exact) mass is 291 g/mol. The Hall–Kier alpha value is -1.88. The molecule has 0 saturated heterocycles. The zero-order chi connectivity index (χ0) is 16.0. The van der Waals surface area contributed by atoms with Crippen molar-refractivity contribution in [3.05, 3.63) is 29.8 Å². The molecule has 0 aliphatic heterocycles. The summed E-state index contributed by atoms with van der Waals surface area (Å²) in [6.45, 7) is 5.74. The van der Waals surface area contributed by atoms with Crippen LogP contribution in [0.1, 0.15) is 26.3 Å². The van der Waals surface area contributed by atoms with Gasteiger partial charge in [-0.3, -0.25) is 9.59 Å². The first-order valence-corrected chi connectivity index (χ1v) is 7.04. The highest BCUT2D eigenvalue weighted by molar-refractivity contribution is 5.99. The Labute approximate surface area is 126 Å². The summed E-state index contributed by atoms with van der Waals surface area (Å²) in [7, 11) is 4.08. The van der Waals surface area contributed by atoms with Crippen LogP contribution < -0.4 is 10.6 Å². The van der Waals surface area contributed by atoms with Crippen molar-refractivity contribution in [2.24, 2.45) is 0 Å². The van der Waals surface area contributed by atoms with Crippen molar-refractivity contribution in [2.45, 2.75) is 32.7 Å². The van der Waals surface area contributed by atoms with Gasteiger partial charge < -0.3 is 15.5 Å². The van der Waals surface area contributed by atoms with Gasteiger partial charge in [0.15, 0.2) is 0 Å². The predicted molar refractivity (Wildman–Crippen MR) is 85.2 cm³/mol. The van der Waals surface area contributed by atoms with Crippen LogP contribution in [0.2, 0.25) is 0 Å². The Bertz CT molecular complexity index is 493. The molecule has 0 aromatic heterocycles. The summed E-state index contributed by atoms with van der Waals surface area (Å²) in [4.78, 5) is 25.4. The summed E-state index contributed by atoms with van der Waals surface area (Å²) in [5, 5.41) is 5.44. The lowest BCUT2D eigenvalue weighted by atomic mass is 10.0. The van der Waals surface area contributed by atoms with Gasteiger partial charge in [0, 0.05) is 19.2 Å². The third kappa shape index (κ3) is 5.95. The van der Waals surface area contributed by atoms with Crippen LogP contribution in [0.25, 0.3) is 0 Å². The number of carbonyl (C=O) groups is 2. The molecule has 0 atom stereocenters. The van der Waals surface area contributed by atoms with Crippen LogP contribution in [0, 0.1) is 0 Å². The zero-order valence-electron chi connectivity index (χ0n) is 13.5. The van der Waals surface area contributed by atoms with Gasteiger partial charge in [-0.1, -0.05) is 12.1 Å². The minimum atomic E-state index is -0.935. The molecule has 5 nitrogen and oxygen atoms in total. The van der Waals surface area contributed by atoms with Crippen LogP contribution in [-0.2, 0) is 16.0 Å². The van der Waals surface area contributed by atoms with Crippen LogP contribution >= 0.6 is 0 Å². The first kappa shape index (κ1) is 17.2. The minimum Gasteiger partial charge on any atom is -0.342 e. The van der Waals surface area contributed by atoms with E-state index in [9.17, 15) is 9.59 Å². The second-order valence-electron chi connectivity index (χ2n) is 6.01. The highest BCUT2D eigenvalue weighted by Crippen LogP contribution is 2.13. The molecule has 1 rings (SSSR count). The molecular weight excluding hydrogens is 266 g/mol. The van der Waals surface area contributed by atoms with E-state index in [1.165, 1.54) is 12.5 Å². The average molecular weight is 291 g/mol. The summed E-state index contributed by atoms with van der Waals surface area (Å²) in [5.41, 5.74) is 1.02. The molecular formula is C16H25N3O2. The molecule has 0 aliphatic carbocycles. The van der Waals surface area contributed by atoms with E-state index in [4.69, 9.17) is 0 Å². The maximum Gasteiger partial charge on any atom is 0.249 e. The number of rotatable bonds is 6. The maximum atomic E-state index is 12.1. The van der Waals surface area contributed by atoms with Crippen molar-refractivity contribution in [1.29, 1.82) is 0 Å². The van der Waals surface area contributed by atoms with Crippen LogP contribution in [0.15, 0.2) is 24.3 Å². The molecule has 5 heteroatoms. The summed E-state index contributed by atoms with van der Waals surface area (Å²) < 4.78 is 0. The average Bonchev–Trinajstić information content (AvgIpc) is 2.36. The summed E-state index contributed by atoms with van der Waals surface area (Å²) in [5.74, 6) is -0.465. The minimum absolute atomic E-state index is 0.228.